The zero-order chi connectivity index (χ0) is 12.5. The van der Waals surface area contributed by atoms with Gasteiger partial charge in [-0.15, -0.1) is 0 Å². The normalized spacial score (nSPS) is 11.6. The molecule has 0 fully saturated rings. The molecule has 90 valence electrons. The molecule has 0 aliphatic heterocycles. The van der Waals surface area contributed by atoms with Crippen molar-refractivity contribution in [2.45, 2.75) is 20.8 Å². The Morgan fingerprint density at radius 1 is 1.19 bits per heavy atom. The molecule has 1 aromatic rings. The molecule has 0 aliphatic rings. The van der Waals surface area contributed by atoms with E-state index in [1.54, 1.807) is 6.07 Å². The van der Waals surface area contributed by atoms with E-state index in [4.69, 9.17) is 28.9 Å². The molecule has 0 aromatic heterocycles. The maximum Gasteiger partial charge on any atom is 0.0614 e. The molecule has 0 saturated heterocycles. The van der Waals surface area contributed by atoms with Crippen LogP contribution < -0.4 is 10.6 Å². The summed E-state index contributed by atoms with van der Waals surface area (Å²) in [6.45, 7) is 7.43. The minimum Gasteiger partial charge on any atom is -0.397 e. The fourth-order valence-electron chi connectivity index (χ4n) is 1.68. The van der Waals surface area contributed by atoms with Gasteiger partial charge in [0.15, 0.2) is 0 Å². The largest absolute Gasteiger partial charge is 0.397 e. The first-order valence-electron chi connectivity index (χ1n) is 5.16. The molecule has 16 heavy (non-hydrogen) atoms. The highest BCUT2D eigenvalue weighted by molar-refractivity contribution is 6.42. The van der Waals surface area contributed by atoms with Crippen molar-refractivity contribution in [3.63, 3.8) is 0 Å². The lowest BCUT2D eigenvalue weighted by Gasteiger charge is -2.29. The average molecular weight is 261 g/mol. The summed E-state index contributed by atoms with van der Waals surface area (Å²) in [5, 5.41) is 1.03. The predicted molar refractivity (Wildman–Crippen MR) is 73.6 cm³/mol. The first-order chi connectivity index (χ1) is 7.20. The minimum absolute atomic E-state index is 0.202. The van der Waals surface area contributed by atoms with E-state index in [9.17, 15) is 0 Å². The number of anilines is 2. The van der Waals surface area contributed by atoms with E-state index in [1.165, 1.54) is 0 Å². The van der Waals surface area contributed by atoms with E-state index in [2.05, 4.69) is 25.7 Å². The van der Waals surface area contributed by atoms with Gasteiger partial charge in [-0.05, 0) is 17.5 Å². The second-order valence-corrected chi connectivity index (χ2v) is 6.06. The second kappa shape index (κ2) is 4.72. The quantitative estimate of drug-likeness (QED) is 0.813. The summed E-state index contributed by atoms with van der Waals surface area (Å²) in [6, 6.07) is 3.50. The Bertz CT molecular complexity index is 383. The highest BCUT2D eigenvalue weighted by atomic mass is 35.5. The van der Waals surface area contributed by atoms with Crippen molar-refractivity contribution in [1.82, 2.24) is 0 Å². The van der Waals surface area contributed by atoms with Gasteiger partial charge in [0.25, 0.3) is 0 Å². The Morgan fingerprint density at radius 3 is 2.19 bits per heavy atom. The van der Waals surface area contributed by atoms with Crippen molar-refractivity contribution >= 4 is 34.6 Å². The SMILES string of the molecule is CN(CC(C)(C)C)c1cc(Cl)c(Cl)cc1N. The van der Waals surface area contributed by atoms with Crippen LogP contribution in [0.2, 0.25) is 10.0 Å². The number of nitrogens with two attached hydrogens (primary N) is 1. The topological polar surface area (TPSA) is 29.3 Å². The lowest BCUT2D eigenvalue weighted by atomic mass is 9.96. The Balaban J connectivity index is 3.00. The number of hydrogen-bond donors (Lipinski definition) is 1. The molecule has 2 nitrogen and oxygen atoms in total. The van der Waals surface area contributed by atoms with Gasteiger partial charge in [0.05, 0.1) is 21.4 Å². The summed E-state index contributed by atoms with van der Waals surface area (Å²) in [6.07, 6.45) is 0. The first-order valence-corrected chi connectivity index (χ1v) is 5.92. The number of benzene rings is 1. The van der Waals surface area contributed by atoms with Crippen LogP contribution in [-0.4, -0.2) is 13.6 Å². The van der Waals surface area contributed by atoms with E-state index in [-0.39, 0.29) is 5.41 Å². The van der Waals surface area contributed by atoms with Crippen molar-refractivity contribution < 1.29 is 0 Å². The summed E-state index contributed by atoms with van der Waals surface area (Å²) in [4.78, 5) is 2.09. The van der Waals surface area contributed by atoms with Gasteiger partial charge < -0.3 is 10.6 Å². The molecular weight excluding hydrogens is 243 g/mol. The number of nitrogen functional groups attached to an aromatic ring is 1. The standard InChI is InChI=1S/C12H18Cl2N2/c1-12(2,3)7-16(4)11-6-9(14)8(13)5-10(11)15/h5-6H,7,15H2,1-4H3. The zero-order valence-corrected chi connectivity index (χ0v) is 11.7. The van der Waals surface area contributed by atoms with E-state index < -0.39 is 0 Å². The van der Waals surface area contributed by atoms with Gasteiger partial charge in [-0.2, -0.15) is 0 Å². The molecule has 4 heteroatoms. The van der Waals surface area contributed by atoms with E-state index in [1.807, 2.05) is 13.1 Å². The van der Waals surface area contributed by atoms with E-state index >= 15 is 0 Å². The number of halogens is 2. The van der Waals surface area contributed by atoms with Crippen LogP contribution in [0.1, 0.15) is 20.8 Å². The molecule has 0 amide bonds. The van der Waals surface area contributed by atoms with Crippen molar-refractivity contribution in [1.29, 1.82) is 0 Å². The van der Waals surface area contributed by atoms with Crippen LogP contribution in [0, 0.1) is 5.41 Å². The smallest absolute Gasteiger partial charge is 0.0614 e. The fraction of sp³-hybridized carbons (Fsp3) is 0.500. The third-order valence-electron chi connectivity index (χ3n) is 2.19. The van der Waals surface area contributed by atoms with E-state index in [0.717, 1.165) is 12.2 Å². The van der Waals surface area contributed by atoms with Gasteiger partial charge in [0, 0.05) is 13.6 Å². The average Bonchev–Trinajstić information content (AvgIpc) is 2.08. The Morgan fingerprint density at radius 2 is 1.69 bits per heavy atom. The van der Waals surface area contributed by atoms with Crippen LogP contribution >= 0.6 is 23.2 Å². The molecule has 0 bridgehead atoms. The fourth-order valence-corrected chi connectivity index (χ4v) is 2.01. The Labute approximate surface area is 107 Å². The van der Waals surface area contributed by atoms with Crippen LogP contribution in [0.4, 0.5) is 11.4 Å². The van der Waals surface area contributed by atoms with Crippen LogP contribution in [0.3, 0.4) is 0 Å². The van der Waals surface area contributed by atoms with Gasteiger partial charge in [0.1, 0.15) is 0 Å². The maximum absolute atomic E-state index is 5.99. The third kappa shape index (κ3) is 3.46. The summed E-state index contributed by atoms with van der Waals surface area (Å²) >= 11 is 11.9. The highest BCUT2D eigenvalue weighted by Crippen LogP contribution is 2.33. The van der Waals surface area contributed by atoms with Crippen molar-refractivity contribution in [3.8, 4) is 0 Å². The van der Waals surface area contributed by atoms with Gasteiger partial charge in [-0.25, -0.2) is 0 Å². The third-order valence-corrected chi connectivity index (χ3v) is 2.91. The Kier molecular flexibility index (Phi) is 3.97. The van der Waals surface area contributed by atoms with Gasteiger partial charge in [-0.3, -0.25) is 0 Å². The minimum atomic E-state index is 0.202. The monoisotopic (exact) mass is 260 g/mol. The number of nitrogens with zero attached hydrogens (tertiary/aromatic N) is 1. The molecule has 2 N–H and O–H groups in total. The molecule has 0 aliphatic carbocycles. The molecular formula is C12H18Cl2N2. The first kappa shape index (κ1) is 13.5. The van der Waals surface area contributed by atoms with Crippen LogP contribution in [0.5, 0.6) is 0 Å². The number of hydrogen-bond acceptors (Lipinski definition) is 2. The molecule has 0 spiro atoms. The molecule has 0 heterocycles. The molecule has 0 radical (unpaired) electrons. The van der Waals surface area contributed by atoms with Crippen molar-refractivity contribution in [2.24, 2.45) is 5.41 Å². The van der Waals surface area contributed by atoms with E-state index in [0.29, 0.717) is 15.7 Å². The lowest BCUT2D eigenvalue weighted by molar-refractivity contribution is 0.419. The maximum atomic E-state index is 5.99. The van der Waals surface area contributed by atoms with Gasteiger partial charge in [-0.1, -0.05) is 44.0 Å². The zero-order valence-electron chi connectivity index (χ0n) is 10.1. The molecule has 0 unspecified atom stereocenters. The molecule has 1 aromatic carbocycles. The molecule has 0 atom stereocenters. The molecule has 0 saturated carbocycles. The van der Waals surface area contributed by atoms with Gasteiger partial charge in [0.2, 0.25) is 0 Å². The highest BCUT2D eigenvalue weighted by Gasteiger charge is 2.16. The predicted octanol–water partition coefficient (Wildman–Crippen LogP) is 4.06. The van der Waals surface area contributed by atoms with Gasteiger partial charge >= 0.3 is 0 Å². The summed E-state index contributed by atoms with van der Waals surface area (Å²) < 4.78 is 0. The molecule has 1 rings (SSSR count). The number of rotatable bonds is 2. The summed E-state index contributed by atoms with van der Waals surface area (Å²) in [5.41, 5.74) is 7.70. The second-order valence-electron chi connectivity index (χ2n) is 5.24. The lowest BCUT2D eigenvalue weighted by Crippen LogP contribution is -2.29. The Hall–Kier alpha value is -0.600. The van der Waals surface area contributed by atoms with Crippen LogP contribution in [0.25, 0.3) is 0 Å². The van der Waals surface area contributed by atoms with Crippen LogP contribution in [0.15, 0.2) is 12.1 Å². The van der Waals surface area contributed by atoms with Crippen molar-refractivity contribution in [2.75, 3.05) is 24.2 Å². The van der Waals surface area contributed by atoms with Crippen LogP contribution in [-0.2, 0) is 0 Å². The summed E-state index contributed by atoms with van der Waals surface area (Å²) in [7, 11) is 2.00. The summed E-state index contributed by atoms with van der Waals surface area (Å²) in [5.74, 6) is 0. The van der Waals surface area contributed by atoms with Crippen molar-refractivity contribution in [3.05, 3.63) is 22.2 Å².